The molecule has 3 rings (SSSR count). The first-order valence-corrected chi connectivity index (χ1v) is 11.4. The quantitative estimate of drug-likeness (QED) is 0.571. The van der Waals surface area contributed by atoms with Crippen LogP contribution in [0.5, 0.6) is 0 Å². The highest BCUT2D eigenvalue weighted by Crippen LogP contribution is 2.21. The molecule has 8 heteroatoms. The molecule has 0 amide bonds. The van der Waals surface area contributed by atoms with Crippen LogP contribution in [0.1, 0.15) is 23.8 Å². The van der Waals surface area contributed by atoms with Crippen LogP contribution in [-0.4, -0.2) is 24.7 Å². The van der Waals surface area contributed by atoms with Crippen LogP contribution in [-0.2, 0) is 23.0 Å². The van der Waals surface area contributed by atoms with Crippen molar-refractivity contribution in [2.24, 2.45) is 0 Å². The summed E-state index contributed by atoms with van der Waals surface area (Å²) in [6.45, 7) is 4.58. The van der Waals surface area contributed by atoms with Crippen LogP contribution in [0.15, 0.2) is 57.5 Å². The molecule has 3 aromatic rings. The van der Waals surface area contributed by atoms with Gasteiger partial charge in [0.1, 0.15) is 4.21 Å². The van der Waals surface area contributed by atoms with E-state index in [0.717, 1.165) is 22.4 Å². The Labute approximate surface area is 168 Å². The molecule has 2 aromatic heterocycles. The minimum absolute atomic E-state index is 0.204. The highest BCUT2D eigenvalue weighted by Gasteiger charge is 2.15. The molecule has 0 unspecified atom stereocenters. The van der Waals surface area contributed by atoms with Crippen molar-refractivity contribution in [2.75, 3.05) is 6.54 Å². The molecule has 1 aromatic carbocycles. The van der Waals surface area contributed by atoms with Gasteiger partial charge in [-0.3, -0.25) is 4.79 Å². The molecule has 6 nitrogen and oxygen atoms in total. The Kier molecular flexibility index (Phi) is 6.43. The second-order valence-electron chi connectivity index (χ2n) is 6.47. The smallest absolute Gasteiger partial charge is 0.266 e. The van der Waals surface area contributed by atoms with Crippen molar-refractivity contribution >= 4 is 21.4 Å². The molecule has 0 saturated carbocycles. The second-order valence-corrected chi connectivity index (χ2v) is 9.63. The van der Waals surface area contributed by atoms with Crippen LogP contribution in [0.4, 0.5) is 0 Å². The summed E-state index contributed by atoms with van der Waals surface area (Å²) >= 11 is 1.28. The van der Waals surface area contributed by atoms with E-state index in [9.17, 15) is 13.2 Å². The molecule has 0 fully saturated rings. The maximum atomic E-state index is 12.3. The number of benzene rings is 1. The van der Waals surface area contributed by atoms with E-state index in [1.807, 2.05) is 44.2 Å². The lowest BCUT2D eigenvalue weighted by Crippen LogP contribution is -2.27. The van der Waals surface area contributed by atoms with E-state index in [2.05, 4.69) is 9.82 Å². The number of rotatable bonds is 8. The minimum atomic E-state index is -3.51. The first-order valence-electron chi connectivity index (χ1n) is 9.12. The fourth-order valence-electron chi connectivity index (χ4n) is 2.69. The molecular weight excluding hydrogens is 394 g/mol. The van der Waals surface area contributed by atoms with Crippen LogP contribution in [0.2, 0.25) is 0 Å². The van der Waals surface area contributed by atoms with Crippen molar-refractivity contribution < 1.29 is 8.42 Å². The molecule has 0 aliphatic rings. The maximum Gasteiger partial charge on any atom is 0.266 e. The predicted molar refractivity (Wildman–Crippen MR) is 112 cm³/mol. The van der Waals surface area contributed by atoms with Crippen molar-refractivity contribution in [1.29, 1.82) is 0 Å². The maximum absolute atomic E-state index is 12.3. The summed E-state index contributed by atoms with van der Waals surface area (Å²) in [6.07, 6.45) is 1.28. The standard InChI is InChI=1S/C20H23N3O3S2/c1-3-17-9-12-20(27-17)28(25,26)21-13-4-14-23-19(24)11-10-18(22-23)16-7-5-15(2)6-8-16/h5-12,21H,3-4,13-14H2,1-2H3. The molecular formula is C20H23N3O3S2. The van der Waals surface area contributed by atoms with Gasteiger partial charge in [0.2, 0.25) is 10.0 Å². The van der Waals surface area contributed by atoms with E-state index in [-0.39, 0.29) is 12.1 Å². The van der Waals surface area contributed by atoms with Gasteiger partial charge in [0.25, 0.3) is 5.56 Å². The van der Waals surface area contributed by atoms with Crippen molar-refractivity contribution in [3.05, 3.63) is 69.3 Å². The van der Waals surface area contributed by atoms with Crippen LogP contribution in [0.25, 0.3) is 11.3 Å². The average molecular weight is 418 g/mol. The van der Waals surface area contributed by atoms with E-state index in [1.165, 1.54) is 22.1 Å². The number of aromatic nitrogens is 2. The normalized spacial score (nSPS) is 11.6. The Hall–Kier alpha value is -2.29. The molecule has 0 bridgehead atoms. The molecule has 0 radical (unpaired) electrons. The van der Waals surface area contributed by atoms with E-state index in [0.29, 0.717) is 22.9 Å². The second kappa shape index (κ2) is 8.81. The minimum Gasteiger partial charge on any atom is -0.268 e. The molecule has 0 aliphatic heterocycles. The first-order chi connectivity index (χ1) is 13.4. The summed E-state index contributed by atoms with van der Waals surface area (Å²) in [6, 6.07) is 14.6. The third-order valence-corrected chi connectivity index (χ3v) is 7.49. The number of hydrogen-bond acceptors (Lipinski definition) is 5. The lowest BCUT2D eigenvalue weighted by Gasteiger charge is -2.08. The molecule has 0 saturated heterocycles. The van der Waals surface area contributed by atoms with Gasteiger partial charge in [-0.2, -0.15) is 5.10 Å². The third kappa shape index (κ3) is 4.95. The van der Waals surface area contributed by atoms with Crippen LogP contribution in [0.3, 0.4) is 0 Å². The van der Waals surface area contributed by atoms with Gasteiger partial charge in [-0.05, 0) is 38.0 Å². The van der Waals surface area contributed by atoms with Crippen molar-refractivity contribution in [3.63, 3.8) is 0 Å². The molecule has 1 N–H and O–H groups in total. The van der Waals surface area contributed by atoms with Gasteiger partial charge in [-0.15, -0.1) is 11.3 Å². The van der Waals surface area contributed by atoms with E-state index in [4.69, 9.17) is 0 Å². The van der Waals surface area contributed by atoms with Gasteiger partial charge in [0.15, 0.2) is 0 Å². The van der Waals surface area contributed by atoms with Crippen LogP contribution in [0, 0.1) is 6.92 Å². The first kappa shape index (κ1) is 20.4. The lowest BCUT2D eigenvalue weighted by atomic mass is 10.1. The van der Waals surface area contributed by atoms with Gasteiger partial charge in [-0.1, -0.05) is 36.8 Å². The summed E-state index contributed by atoms with van der Waals surface area (Å²) in [5.41, 5.74) is 2.60. The lowest BCUT2D eigenvalue weighted by molar-refractivity contribution is 0.537. The van der Waals surface area contributed by atoms with Crippen molar-refractivity contribution in [2.45, 2.75) is 37.4 Å². The highest BCUT2D eigenvalue weighted by molar-refractivity contribution is 7.91. The Morgan fingerprint density at radius 3 is 2.50 bits per heavy atom. The van der Waals surface area contributed by atoms with Crippen LogP contribution >= 0.6 is 11.3 Å². The van der Waals surface area contributed by atoms with Gasteiger partial charge in [-0.25, -0.2) is 17.8 Å². The van der Waals surface area contributed by atoms with Gasteiger partial charge in [0.05, 0.1) is 5.69 Å². The van der Waals surface area contributed by atoms with Gasteiger partial charge < -0.3 is 0 Å². The summed E-state index contributed by atoms with van der Waals surface area (Å²) in [7, 11) is -3.51. The molecule has 148 valence electrons. The monoisotopic (exact) mass is 417 g/mol. The number of aryl methyl sites for hydroxylation is 3. The molecule has 0 atom stereocenters. The van der Waals surface area contributed by atoms with E-state index in [1.54, 1.807) is 12.1 Å². The summed E-state index contributed by atoms with van der Waals surface area (Å²) in [4.78, 5) is 13.1. The highest BCUT2D eigenvalue weighted by atomic mass is 32.2. The Morgan fingerprint density at radius 2 is 1.82 bits per heavy atom. The number of thiophene rings is 1. The van der Waals surface area contributed by atoms with Gasteiger partial charge >= 0.3 is 0 Å². The number of sulfonamides is 1. The van der Waals surface area contributed by atoms with Gasteiger partial charge in [0, 0.05) is 29.6 Å². The summed E-state index contributed by atoms with van der Waals surface area (Å²) < 4.78 is 28.9. The molecule has 0 aliphatic carbocycles. The fraction of sp³-hybridized carbons (Fsp3) is 0.300. The topological polar surface area (TPSA) is 81.1 Å². The number of hydrogen-bond donors (Lipinski definition) is 1. The van der Waals surface area contributed by atoms with Crippen molar-refractivity contribution in [1.82, 2.24) is 14.5 Å². The fourth-order valence-corrected chi connectivity index (χ4v) is 5.10. The molecule has 0 spiro atoms. The zero-order chi connectivity index (χ0) is 20.1. The van der Waals surface area contributed by atoms with E-state index >= 15 is 0 Å². The predicted octanol–water partition coefficient (Wildman–Crippen LogP) is 3.21. The van der Waals surface area contributed by atoms with E-state index < -0.39 is 10.0 Å². The molecule has 2 heterocycles. The Bertz CT molecular complexity index is 1100. The number of nitrogens with one attached hydrogen (secondary N) is 1. The average Bonchev–Trinajstić information content (AvgIpc) is 3.17. The Morgan fingerprint density at radius 1 is 1.07 bits per heavy atom. The molecule has 28 heavy (non-hydrogen) atoms. The number of nitrogens with zero attached hydrogens (tertiary/aromatic N) is 2. The van der Waals surface area contributed by atoms with Crippen molar-refractivity contribution in [3.8, 4) is 11.3 Å². The van der Waals surface area contributed by atoms with Crippen LogP contribution < -0.4 is 10.3 Å². The summed E-state index contributed by atoms with van der Waals surface area (Å²) in [5, 5.41) is 4.41. The summed E-state index contributed by atoms with van der Waals surface area (Å²) in [5.74, 6) is 0. The largest absolute Gasteiger partial charge is 0.268 e. The zero-order valence-electron chi connectivity index (χ0n) is 15.9. The zero-order valence-corrected chi connectivity index (χ0v) is 17.5. The third-order valence-electron chi connectivity index (χ3n) is 4.30. The Balaban J connectivity index is 1.62. The SMILES string of the molecule is CCc1ccc(S(=O)(=O)NCCCn2nc(-c3ccc(C)cc3)ccc2=O)s1.